The predicted octanol–water partition coefficient (Wildman–Crippen LogP) is 2.38. The maximum atomic E-state index is 12.3. The predicted molar refractivity (Wildman–Crippen MR) is 78.6 cm³/mol. The Morgan fingerprint density at radius 3 is 2.85 bits per heavy atom. The van der Waals surface area contributed by atoms with Crippen LogP contribution in [0, 0.1) is 0 Å². The van der Waals surface area contributed by atoms with Gasteiger partial charge in [0.15, 0.2) is 0 Å². The Hall–Kier alpha value is -1.27. The number of halogens is 1. The van der Waals surface area contributed by atoms with Gasteiger partial charge in [0, 0.05) is 13.2 Å². The van der Waals surface area contributed by atoms with E-state index in [0.717, 1.165) is 19.4 Å². The van der Waals surface area contributed by atoms with Gasteiger partial charge in [-0.15, -0.1) is 0 Å². The third kappa shape index (κ3) is 3.43. The molecule has 0 radical (unpaired) electrons. The first-order valence-corrected chi connectivity index (χ1v) is 7.26. The summed E-state index contributed by atoms with van der Waals surface area (Å²) in [4.78, 5) is 12.3. The average molecular weight is 344 g/mol. The normalized spacial score (nSPS) is 17.9. The van der Waals surface area contributed by atoms with Crippen molar-refractivity contribution in [2.75, 3.05) is 27.4 Å². The molecule has 1 N–H and O–H groups in total. The van der Waals surface area contributed by atoms with Crippen LogP contribution in [0.2, 0.25) is 0 Å². The van der Waals surface area contributed by atoms with Crippen LogP contribution in [0.4, 0.5) is 0 Å². The third-order valence-corrected chi connectivity index (χ3v) is 3.80. The highest BCUT2D eigenvalue weighted by atomic mass is 79.9. The van der Waals surface area contributed by atoms with Crippen LogP contribution in [0.3, 0.4) is 0 Å². The summed E-state index contributed by atoms with van der Waals surface area (Å²) in [5, 5.41) is 2.87. The fourth-order valence-electron chi connectivity index (χ4n) is 2.17. The minimum Gasteiger partial charge on any atom is -0.497 e. The molecule has 1 heterocycles. The van der Waals surface area contributed by atoms with Crippen LogP contribution < -0.4 is 14.8 Å². The largest absolute Gasteiger partial charge is 0.497 e. The van der Waals surface area contributed by atoms with Gasteiger partial charge in [-0.05, 0) is 40.9 Å². The molecule has 1 amide bonds. The molecular formula is C14H18BrNO4. The smallest absolute Gasteiger partial charge is 0.255 e. The van der Waals surface area contributed by atoms with E-state index in [4.69, 9.17) is 14.2 Å². The van der Waals surface area contributed by atoms with E-state index in [0.29, 0.717) is 28.1 Å². The summed E-state index contributed by atoms with van der Waals surface area (Å²) < 4.78 is 16.6. The van der Waals surface area contributed by atoms with Crippen LogP contribution >= 0.6 is 15.9 Å². The molecule has 1 aromatic carbocycles. The SMILES string of the molecule is COc1cc(Br)c(OC)c(C(=O)NC[C@@H]2CCCO2)c1. The fourth-order valence-corrected chi connectivity index (χ4v) is 2.77. The van der Waals surface area contributed by atoms with E-state index in [1.54, 1.807) is 19.2 Å². The summed E-state index contributed by atoms with van der Waals surface area (Å²) in [7, 11) is 3.09. The Morgan fingerprint density at radius 2 is 2.25 bits per heavy atom. The number of benzene rings is 1. The molecule has 1 saturated heterocycles. The first-order valence-electron chi connectivity index (χ1n) is 6.47. The van der Waals surface area contributed by atoms with Gasteiger partial charge in [0.05, 0.1) is 30.4 Å². The number of rotatable bonds is 5. The standard InChI is InChI=1S/C14H18BrNO4/c1-18-10-6-11(13(19-2)12(15)7-10)14(17)16-8-9-4-3-5-20-9/h6-7,9H,3-5,8H2,1-2H3,(H,16,17)/t9-/m0/s1. The highest BCUT2D eigenvalue weighted by molar-refractivity contribution is 9.10. The number of ether oxygens (including phenoxy) is 3. The van der Waals surface area contributed by atoms with Gasteiger partial charge in [0.1, 0.15) is 11.5 Å². The Bertz CT molecular complexity index is 486. The van der Waals surface area contributed by atoms with E-state index < -0.39 is 0 Å². The van der Waals surface area contributed by atoms with Crippen LogP contribution in [0.1, 0.15) is 23.2 Å². The number of carbonyl (C=O) groups excluding carboxylic acids is 1. The Labute approximate surface area is 126 Å². The molecule has 2 rings (SSSR count). The molecule has 0 spiro atoms. The zero-order chi connectivity index (χ0) is 14.5. The van der Waals surface area contributed by atoms with Gasteiger partial charge in [-0.25, -0.2) is 0 Å². The number of amides is 1. The van der Waals surface area contributed by atoms with Crippen LogP contribution in [-0.4, -0.2) is 39.4 Å². The number of methoxy groups -OCH3 is 2. The Morgan fingerprint density at radius 1 is 1.45 bits per heavy atom. The molecule has 0 bridgehead atoms. The number of nitrogens with one attached hydrogen (secondary N) is 1. The summed E-state index contributed by atoms with van der Waals surface area (Å²) in [6.45, 7) is 1.28. The second kappa shape index (κ2) is 6.95. The van der Waals surface area contributed by atoms with Crippen LogP contribution in [-0.2, 0) is 4.74 Å². The third-order valence-electron chi connectivity index (χ3n) is 3.22. The molecule has 1 aliphatic heterocycles. The molecule has 0 saturated carbocycles. The zero-order valence-electron chi connectivity index (χ0n) is 11.6. The second-order valence-electron chi connectivity index (χ2n) is 4.54. The van der Waals surface area contributed by atoms with Crippen molar-refractivity contribution in [3.63, 3.8) is 0 Å². The van der Waals surface area contributed by atoms with Gasteiger partial charge in [-0.3, -0.25) is 4.79 Å². The summed E-state index contributed by atoms with van der Waals surface area (Å²) >= 11 is 3.37. The van der Waals surface area contributed by atoms with Gasteiger partial charge >= 0.3 is 0 Å². The molecular weight excluding hydrogens is 326 g/mol. The quantitative estimate of drug-likeness (QED) is 0.891. The van der Waals surface area contributed by atoms with Crippen molar-refractivity contribution >= 4 is 21.8 Å². The lowest BCUT2D eigenvalue weighted by molar-refractivity contribution is 0.0855. The van der Waals surface area contributed by atoms with Crippen molar-refractivity contribution in [2.45, 2.75) is 18.9 Å². The highest BCUT2D eigenvalue weighted by Crippen LogP contribution is 2.33. The highest BCUT2D eigenvalue weighted by Gasteiger charge is 2.20. The second-order valence-corrected chi connectivity index (χ2v) is 5.39. The molecule has 0 aromatic heterocycles. The zero-order valence-corrected chi connectivity index (χ0v) is 13.2. The molecule has 0 aliphatic carbocycles. The molecule has 6 heteroatoms. The number of carbonyl (C=O) groups is 1. The number of hydrogen-bond acceptors (Lipinski definition) is 4. The van der Waals surface area contributed by atoms with Crippen molar-refractivity contribution in [3.05, 3.63) is 22.2 Å². The fraction of sp³-hybridized carbons (Fsp3) is 0.500. The van der Waals surface area contributed by atoms with Crippen LogP contribution in [0.25, 0.3) is 0 Å². The van der Waals surface area contributed by atoms with Gasteiger partial charge < -0.3 is 19.5 Å². The molecule has 5 nitrogen and oxygen atoms in total. The Kier molecular flexibility index (Phi) is 5.25. The summed E-state index contributed by atoms with van der Waals surface area (Å²) in [5.41, 5.74) is 0.441. The van der Waals surface area contributed by atoms with E-state index in [-0.39, 0.29) is 12.0 Å². The van der Waals surface area contributed by atoms with E-state index in [1.807, 2.05) is 0 Å². The molecule has 110 valence electrons. The first-order chi connectivity index (χ1) is 9.65. The van der Waals surface area contributed by atoms with Gasteiger partial charge in [0.2, 0.25) is 0 Å². The van der Waals surface area contributed by atoms with Crippen LogP contribution in [0.15, 0.2) is 16.6 Å². The van der Waals surface area contributed by atoms with Gasteiger partial charge in [-0.1, -0.05) is 0 Å². The molecule has 1 fully saturated rings. The maximum absolute atomic E-state index is 12.3. The van der Waals surface area contributed by atoms with Crippen molar-refractivity contribution in [3.8, 4) is 11.5 Å². The summed E-state index contributed by atoms with van der Waals surface area (Å²) in [6, 6.07) is 3.42. The van der Waals surface area contributed by atoms with Crippen molar-refractivity contribution in [1.82, 2.24) is 5.32 Å². The minimum atomic E-state index is -0.197. The average Bonchev–Trinajstić information content (AvgIpc) is 2.97. The molecule has 1 aromatic rings. The van der Waals surface area contributed by atoms with E-state index in [9.17, 15) is 4.79 Å². The topological polar surface area (TPSA) is 56.8 Å². The van der Waals surface area contributed by atoms with Crippen molar-refractivity contribution in [1.29, 1.82) is 0 Å². The minimum absolute atomic E-state index is 0.110. The number of hydrogen-bond donors (Lipinski definition) is 1. The summed E-state index contributed by atoms with van der Waals surface area (Å²) in [6.07, 6.45) is 2.15. The van der Waals surface area contributed by atoms with Gasteiger partial charge in [-0.2, -0.15) is 0 Å². The lowest BCUT2D eigenvalue weighted by atomic mass is 10.1. The van der Waals surface area contributed by atoms with E-state index >= 15 is 0 Å². The first kappa shape index (κ1) is 15.1. The van der Waals surface area contributed by atoms with Gasteiger partial charge in [0.25, 0.3) is 5.91 Å². The lowest BCUT2D eigenvalue weighted by Crippen LogP contribution is -2.32. The maximum Gasteiger partial charge on any atom is 0.255 e. The van der Waals surface area contributed by atoms with E-state index in [1.165, 1.54) is 7.11 Å². The molecule has 1 atom stereocenters. The monoisotopic (exact) mass is 343 g/mol. The lowest BCUT2D eigenvalue weighted by Gasteiger charge is -2.14. The van der Waals surface area contributed by atoms with Crippen molar-refractivity contribution < 1.29 is 19.0 Å². The van der Waals surface area contributed by atoms with E-state index in [2.05, 4.69) is 21.2 Å². The molecule has 1 aliphatic rings. The summed E-state index contributed by atoms with van der Waals surface area (Å²) in [5.74, 6) is 0.896. The molecule has 0 unspecified atom stereocenters. The Balaban J connectivity index is 2.12. The van der Waals surface area contributed by atoms with Crippen molar-refractivity contribution in [2.24, 2.45) is 0 Å². The molecule has 20 heavy (non-hydrogen) atoms. The van der Waals surface area contributed by atoms with Crippen LogP contribution in [0.5, 0.6) is 11.5 Å².